The molecule has 0 unspecified atom stereocenters. The van der Waals surface area contributed by atoms with Crippen molar-refractivity contribution in [1.82, 2.24) is 19.8 Å². The summed E-state index contributed by atoms with van der Waals surface area (Å²) in [6, 6.07) is 8.13. The zero-order chi connectivity index (χ0) is 19.0. The Morgan fingerprint density at radius 3 is 2.85 bits per heavy atom. The van der Waals surface area contributed by atoms with Crippen molar-refractivity contribution >= 4 is 5.91 Å². The number of benzene rings is 1. The molecule has 0 spiro atoms. The minimum absolute atomic E-state index is 0.111. The Kier molecular flexibility index (Phi) is 4.49. The largest absolute Gasteiger partial charge is 0.370 e. The molecule has 1 amide bonds. The summed E-state index contributed by atoms with van der Waals surface area (Å²) in [6.45, 7) is 3.00. The van der Waals surface area contributed by atoms with E-state index in [-0.39, 0.29) is 30.1 Å². The Balaban J connectivity index is 1.33. The van der Waals surface area contributed by atoms with Crippen molar-refractivity contribution < 1.29 is 18.4 Å². The average Bonchev–Trinajstić information content (AvgIpc) is 3.22. The van der Waals surface area contributed by atoms with Gasteiger partial charge in [0, 0.05) is 37.5 Å². The van der Waals surface area contributed by atoms with E-state index in [2.05, 4.69) is 10.3 Å². The third-order valence-corrected chi connectivity index (χ3v) is 4.80. The third kappa shape index (κ3) is 3.35. The molecule has 3 aromatic rings. The molecule has 0 N–H and O–H groups in total. The Hall–Kier alpha value is -3.00. The zero-order valence-electron chi connectivity index (χ0n) is 15.1. The molecule has 1 saturated heterocycles. The van der Waals surface area contributed by atoms with Gasteiger partial charge in [-0.1, -0.05) is 23.4 Å². The zero-order valence-corrected chi connectivity index (χ0v) is 15.1. The van der Waals surface area contributed by atoms with Crippen LogP contribution >= 0.6 is 0 Å². The second-order valence-corrected chi connectivity index (χ2v) is 6.58. The summed E-state index contributed by atoms with van der Waals surface area (Å²) in [6.07, 6.45) is 1.57. The van der Waals surface area contributed by atoms with Gasteiger partial charge in [-0.3, -0.25) is 9.48 Å². The van der Waals surface area contributed by atoms with Gasteiger partial charge in [0.15, 0.2) is 11.5 Å². The van der Waals surface area contributed by atoms with Gasteiger partial charge >= 0.3 is 0 Å². The van der Waals surface area contributed by atoms with Crippen molar-refractivity contribution in [3.05, 3.63) is 59.3 Å². The SMILES string of the molecule is Cc1c(-c2cc(C(=O)N3CC(OCc4ccccc4F)C3)no2)cnn1C. The number of carbonyl (C=O) groups excluding carboxylic acids is 1. The molecule has 1 aromatic carbocycles. The van der Waals surface area contributed by atoms with Gasteiger partial charge in [0.05, 0.1) is 24.5 Å². The predicted molar refractivity (Wildman–Crippen MR) is 94.3 cm³/mol. The van der Waals surface area contributed by atoms with Crippen LogP contribution in [-0.4, -0.2) is 44.9 Å². The number of aromatic nitrogens is 3. The van der Waals surface area contributed by atoms with Gasteiger partial charge < -0.3 is 14.2 Å². The number of aryl methyl sites for hydroxylation is 1. The lowest BCUT2D eigenvalue weighted by molar-refractivity contribution is -0.0512. The first-order chi connectivity index (χ1) is 13.0. The minimum atomic E-state index is -0.287. The first-order valence-corrected chi connectivity index (χ1v) is 8.63. The van der Waals surface area contributed by atoms with Crippen LogP contribution in [0.2, 0.25) is 0 Å². The van der Waals surface area contributed by atoms with Crippen LogP contribution in [-0.2, 0) is 18.4 Å². The number of hydrogen-bond donors (Lipinski definition) is 0. The second-order valence-electron chi connectivity index (χ2n) is 6.58. The van der Waals surface area contributed by atoms with E-state index in [9.17, 15) is 9.18 Å². The van der Waals surface area contributed by atoms with Crippen molar-refractivity contribution in [3.8, 4) is 11.3 Å². The summed E-state index contributed by atoms with van der Waals surface area (Å²) in [4.78, 5) is 14.1. The fraction of sp³-hybridized carbons (Fsp3) is 0.316. The number of hydrogen-bond acceptors (Lipinski definition) is 5. The van der Waals surface area contributed by atoms with Crippen LogP contribution in [0.15, 0.2) is 41.1 Å². The van der Waals surface area contributed by atoms with Crippen LogP contribution in [0.1, 0.15) is 21.7 Å². The molecule has 8 heteroatoms. The number of carbonyl (C=O) groups is 1. The fourth-order valence-electron chi connectivity index (χ4n) is 2.94. The topological polar surface area (TPSA) is 73.4 Å². The van der Waals surface area contributed by atoms with E-state index in [0.717, 1.165) is 11.3 Å². The second kappa shape index (κ2) is 6.96. The lowest BCUT2D eigenvalue weighted by Gasteiger charge is -2.38. The normalized spacial score (nSPS) is 14.4. The lowest BCUT2D eigenvalue weighted by Crippen LogP contribution is -2.54. The van der Waals surface area contributed by atoms with E-state index in [1.807, 2.05) is 14.0 Å². The number of amides is 1. The molecular formula is C19H19FN4O3. The summed E-state index contributed by atoms with van der Waals surface area (Å²) >= 11 is 0. The van der Waals surface area contributed by atoms with Gasteiger partial charge in [-0.2, -0.15) is 5.10 Å². The third-order valence-electron chi connectivity index (χ3n) is 4.80. The quantitative estimate of drug-likeness (QED) is 0.690. The smallest absolute Gasteiger partial charge is 0.276 e. The van der Waals surface area contributed by atoms with Crippen molar-refractivity contribution in [2.24, 2.45) is 7.05 Å². The summed E-state index contributed by atoms with van der Waals surface area (Å²) in [7, 11) is 1.84. The molecule has 1 aliphatic rings. The van der Waals surface area contributed by atoms with Gasteiger partial charge in [0.25, 0.3) is 5.91 Å². The number of halogens is 1. The van der Waals surface area contributed by atoms with E-state index in [1.165, 1.54) is 6.07 Å². The molecule has 4 rings (SSSR count). The molecule has 0 atom stereocenters. The van der Waals surface area contributed by atoms with Crippen LogP contribution < -0.4 is 0 Å². The summed E-state index contributed by atoms with van der Waals surface area (Å²) < 4.78 is 26.3. The molecular weight excluding hydrogens is 351 g/mol. The molecule has 1 fully saturated rings. The molecule has 140 valence electrons. The van der Waals surface area contributed by atoms with E-state index < -0.39 is 0 Å². The fourth-order valence-corrected chi connectivity index (χ4v) is 2.94. The molecule has 0 bridgehead atoms. The Morgan fingerprint density at radius 2 is 2.15 bits per heavy atom. The van der Waals surface area contributed by atoms with Crippen LogP contribution in [0.5, 0.6) is 0 Å². The standard InChI is InChI=1S/C19H19FN4O3/c1-12-15(8-21-23(12)2)18-7-17(22-27-18)19(25)24-9-14(10-24)26-11-13-5-3-4-6-16(13)20/h3-8,14H,9-11H2,1-2H3. The van der Waals surface area contributed by atoms with Gasteiger partial charge in [0.2, 0.25) is 0 Å². The highest BCUT2D eigenvalue weighted by Gasteiger charge is 2.33. The van der Waals surface area contributed by atoms with E-state index in [1.54, 1.807) is 40.0 Å². The maximum Gasteiger partial charge on any atom is 0.276 e. The number of ether oxygens (including phenoxy) is 1. The molecule has 0 radical (unpaired) electrons. The number of likely N-dealkylation sites (tertiary alicyclic amines) is 1. The molecule has 27 heavy (non-hydrogen) atoms. The maximum atomic E-state index is 13.6. The van der Waals surface area contributed by atoms with Crippen LogP contribution in [0.4, 0.5) is 4.39 Å². The predicted octanol–water partition coefficient (Wildman–Crippen LogP) is 2.56. The van der Waals surface area contributed by atoms with Crippen LogP contribution in [0.25, 0.3) is 11.3 Å². The molecule has 2 aromatic heterocycles. The first-order valence-electron chi connectivity index (χ1n) is 8.63. The van der Waals surface area contributed by atoms with E-state index in [4.69, 9.17) is 9.26 Å². The van der Waals surface area contributed by atoms with Crippen LogP contribution in [0.3, 0.4) is 0 Å². The maximum absolute atomic E-state index is 13.6. The van der Waals surface area contributed by atoms with Gasteiger partial charge in [-0.25, -0.2) is 4.39 Å². The van der Waals surface area contributed by atoms with Crippen LogP contribution in [0, 0.1) is 12.7 Å². The molecule has 0 aliphatic carbocycles. The van der Waals surface area contributed by atoms with Gasteiger partial charge in [-0.15, -0.1) is 0 Å². The minimum Gasteiger partial charge on any atom is -0.370 e. The highest BCUT2D eigenvalue weighted by molar-refractivity contribution is 5.93. The highest BCUT2D eigenvalue weighted by Crippen LogP contribution is 2.25. The highest BCUT2D eigenvalue weighted by atomic mass is 19.1. The molecule has 0 saturated carbocycles. The Morgan fingerprint density at radius 1 is 1.37 bits per heavy atom. The van der Waals surface area contributed by atoms with E-state index >= 15 is 0 Å². The van der Waals surface area contributed by atoms with E-state index in [0.29, 0.717) is 24.4 Å². The van der Waals surface area contributed by atoms with Crippen molar-refractivity contribution in [2.75, 3.05) is 13.1 Å². The Labute approximate surface area is 155 Å². The number of rotatable bonds is 5. The van der Waals surface area contributed by atoms with Gasteiger partial charge in [-0.05, 0) is 13.0 Å². The first kappa shape index (κ1) is 17.4. The summed E-state index contributed by atoms with van der Waals surface area (Å²) in [5.74, 6) is 0.0136. The summed E-state index contributed by atoms with van der Waals surface area (Å²) in [5.41, 5.74) is 2.49. The summed E-state index contributed by atoms with van der Waals surface area (Å²) in [5, 5.41) is 8.04. The van der Waals surface area contributed by atoms with Gasteiger partial charge in [0.1, 0.15) is 5.82 Å². The number of nitrogens with zero attached hydrogens (tertiary/aromatic N) is 4. The molecule has 3 heterocycles. The monoisotopic (exact) mass is 370 g/mol. The van der Waals surface area contributed by atoms with Crippen molar-refractivity contribution in [1.29, 1.82) is 0 Å². The van der Waals surface area contributed by atoms with Crippen molar-refractivity contribution in [2.45, 2.75) is 19.6 Å². The molecule has 1 aliphatic heterocycles. The lowest BCUT2D eigenvalue weighted by atomic mass is 10.1. The average molecular weight is 370 g/mol. The Bertz CT molecular complexity index is 975. The van der Waals surface area contributed by atoms with Crippen molar-refractivity contribution in [3.63, 3.8) is 0 Å². The molecule has 7 nitrogen and oxygen atoms in total.